The Kier molecular flexibility index (Phi) is 16.9. The minimum absolute atomic E-state index is 0.137. The Bertz CT molecular complexity index is 642. The molecule has 0 heterocycles. The fraction of sp³-hybridized carbons (Fsp3) is 0.571. The van der Waals surface area contributed by atoms with Gasteiger partial charge in [-0.3, -0.25) is 9.69 Å². The van der Waals surface area contributed by atoms with Crippen LogP contribution in [-0.2, 0) is 20.9 Å². The summed E-state index contributed by atoms with van der Waals surface area (Å²) in [5.41, 5.74) is 6.08. The Morgan fingerprint density at radius 1 is 0.968 bits per heavy atom. The minimum Gasteiger partial charge on any atom is -0.480 e. The van der Waals surface area contributed by atoms with Gasteiger partial charge in [0.25, 0.3) is 8.05 Å². The van der Waals surface area contributed by atoms with Gasteiger partial charge < -0.3 is 25.7 Å². The van der Waals surface area contributed by atoms with Gasteiger partial charge in [-0.25, -0.2) is 9.59 Å². The average molecular weight is 438 g/mol. The molecule has 1 rings (SSSR count). The molecule has 0 aliphatic rings. The highest BCUT2D eigenvalue weighted by Gasteiger charge is 2.28. The van der Waals surface area contributed by atoms with Crippen LogP contribution in [0.1, 0.15) is 46.1 Å². The Morgan fingerprint density at radius 3 is 1.81 bits per heavy atom. The molecule has 0 bridgehead atoms. The first kappa shape index (κ1) is 30.6. The molecule has 2 radical (unpaired) electrons. The fourth-order valence-corrected chi connectivity index (χ4v) is 2.43. The summed E-state index contributed by atoms with van der Waals surface area (Å²) in [5.74, 6) is -1.39. The van der Waals surface area contributed by atoms with Crippen LogP contribution in [0.4, 0.5) is 4.79 Å². The summed E-state index contributed by atoms with van der Waals surface area (Å²) in [6.45, 7) is 7.86. The topological polar surface area (TPSA) is 150 Å². The van der Waals surface area contributed by atoms with E-state index in [1.807, 2.05) is 58.0 Å². The van der Waals surface area contributed by atoms with Crippen LogP contribution in [-0.4, -0.2) is 65.3 Å². The fourth-order valence-electron chi connectivity index (χ4n) is 2.43. The van der Waals surface area contributed by atoms with Gasteiger partial charge in [0.15, 0.2) is 0 Å². The third kappa shape index (κ3) is 15.0. The van der Waals surface area contributed by atoms with E-state index in [9.17, 15) is 19.5 Å². The minimum atomic E-state index is -1.02. The van der Waals surface area contributed by atoms with Crippen LogP contribution in [0.25, 0.3) is 0 Å². The maximum absolute atomic E-state index is 11.9. The Balaban J connectivity index is 0. The molecule has 0 spiro atoms. The predicted octanol–water partition coefficient (Wildman–Crippen LogP) is 2.26. The normalized spacial score (nSPS) is 11.9. The summed E-state index contributed by atoms with van der Waals surface area (Å²) in [5, 5.41) is 24.0. The molecule has 0 fully saturated rings. The van der Waals surface area contributed by atoms with Gasteiger partial charge in [0, 0.05) is 7.05 Å². The molecule has 0 unspecified atom stereocenters. The van der Waals surface area contributed by atoms with E-state index in [0.29, 0.717) is 18.8 Å². The number of carbonyl (C=O) groups is 3. The van der Waals surface area contributed by atoms with Crippen LogP contribution >= 0.6 is 0 Å². The molecular formula is C21H35BN2O7. The van der Waals surface area contributed by atoms with Crippen molar-refractivity contribution in [1.82, 2.24) is 4.90 Å². The molecule has 31 heavy (non-hydrogen) atoms. The molecule has 174 valence electrons. The van der Waals surface area contributed by atoms with E-state index in [4.69, 9.17) is 20.6 Å². The Morgan fingerprint density at radius 2 is 1.45 bits per heavy atom. The molecule has 0 saturated carbocycles. The quantitative estimate of drug-likeness (QED) is 0.429. The highest BCUT2D eigenvalue weighted by molar-refractivity contribution is 5.95. The molecule has 10 heteroatoms. The summed E-state index contributed by atoms with van der Waals surface area (Å²) >= 11 is 0. The number of ether oxygens (including phenoxy) is 1. The summed E-state index contributed by atoms with van der Waals surface area (Å²) < 4.78 is 5.13. The number of carbonyl (C=O) groups excluding carboxylic acids is 1. The van der Waals surface area contributed by atoms with E-state index in [0.717, 1.165) is 10.5 Å². The number of benzene rings is 1. The number of nitrogens with two attached hydrogens (primary N) is 1. The number of carboxylic acids is 2. The van der Waals surface area contributed by atoms with Gasteiger partial charge in [-0.1, -0.05) is 58.0 Å². The van der Waals surface area contributed by atoms with Crippen LogP contribution in [0.3, 0.4) is 0 Å². The molecule has 1 aromatic rings. The van der Waals surface area contributed by atoms with Crippen LogP contribution in [0.2, 0.25) is 0 Å². The monoisotopic (exact) mass is 438 g/mol. The number of hydrogen-bond acceptors (Lipinski definition) is 6. The van der Waals surface area contributed by atoms with Gasteiger partial charge in [0.05, 0.1) is 0 Å². The third-order valence-corrected chi connectivity index (χ3v) is 3.98. The zero-order valence-electron chi connectivity index (χ0n) is 18.9. The van der Waals surface area contributed by atoms with Gasteiger partial charge >= 0.3 is 18.0 Å². The second kappa shape index (κ2) is 17.1. The number of rotatable bonds is 9. The summed E-state index contributed by atoms with van der Waals surface area (Å²) in [7, 11) is 4.95. The van der Waals surface area contributed by atoms with Crippen molar-refractivity contribution in [2.24, 2.45) is 17.6 Å². The lowest BCUT2D eigenvalue weighted by Crippen LogP contribution is -2.43. The van der Waals surface area contributed by atoms with Crippen LogP contribution < -0.4 is 5.73 Å². The van der Waals surface area contributed by atoms with Crippen LogP contribution in [0, 0.1) is 11.8 Å². The number of carboxylic acid groups (broad SMARTS) is 2. The second-order valence-electron chi connectivity index (χ2n) is 7.71. The van der Waals surface area contributed by atoms with E-state index in [-0.39, 0.29) is 12.5 Å². The number of aliphatic carboxylic acids is 2. The molecule has 0 aliphatic carbocycles. The molecule has 2 atom stereocenters. The third-order valence-electron chi connectivity index (χ3n) is 3.98. The smallest absolute Gasteiger partial charge is 0.410 e. The number of likely N-dealkylation sites (N-methyl/N-ethyl adjacent to an activating group) is 1. The van der Waals surface area contributed by atoms with Crippen molar-refractivity contribution in [2.45, 2.75) is 59.2 Å². The van der Waals surface area contributed by atoms with Gasteiger partial charge in [-0.15, -0.1) is 0 Å². The molecule has 0 saturated heterocycles. The summed E-state index contributed by atoms with van der Waals surface area (Å²) in [4.78, 5) is 34.3. The van der Waals surface area contributed by atoms with Gasteiger partial charge in [0.1, 0.15) is 18.7 Å². The molecule has 1 aromatic carbocycles. The molecule has 0 aromatic heterocycles. The maximum atomic E-state index is 11.9. The van der Waals surface area contributed by atoms with Crippen molar-refractivity contribution in [3.63, 3.8) is 0 Å². The predicted molar refractivity (Wildman–Crippen MR) is 118 cm³/mol. The Hall–Kier alpha value is -2.59. The van der Waals surface area contributed by atoms with Gasteiger partial charge in [0.2, 0.25) is 0 Å². The van der Waals surface area contributed by atoms with Crippen LogP contribution in [0.15, 0.2) is 30.3 Å². The SMILES string of the molecule is CC(C)C[C@@H](C(=O)O)N(C)C(=O)OCc1ccccc1.CC(C)C[C@H](N)C(=O)O.[B]O. The number of nitrogens with zero attached hydrogens (tertiary/aromatic N) is 1. The lowest BCUT2D eigenvalue weighted by Gasteiger charge is -2.25. The zero-order chi connectivity index (χ0) is 24.6. The Labute approximate surface area is 185 Å². The van der Waals surface area contributed by atoms with E-state index >= 15 is 0 Å². The summed E-state index contributed by atoms with van der Waals surface area (Å²) in [6.07, 6.45) is 0.323. The van der Waals surface area contributed by atoms with Crippen molar-refractivity contribution < 1.29 is 34.4 Å². The van der Waals surface area contributed by atoms with Crippen molar-refractivity contribution in [2.75, 3.05) is 7.05 Å². The van der Waals surface area contributed by atoms with Crippen LogP contribution in [0.5, 0.6) is 0 Å². The van der Waals surface area contributed by atoms with Crippen molar-refractivity contribution >= 4 is 26.1 Å². The maximum Gasteiger partial charge on any atom is 0.410 e. The lowest BCUT2D eigenvalue weighted by atomic mass is 10.0. The average Bonchev–Trinajstić information content (AvgIpc) is 2.71. The first-order valence-electron chi connectivity index (χ1n) is 9.86. The molecule has 5 N–H and O–H groups in total. The summed E-state index contributed by atoms with van der Waals surface area (Å²) in [6, 6.07) is 7.72. The van der Waals surface area contributed by atoms with E-state index < -0.39 is 30.1 Å². The van der Waals surface area contributed by atoms with E-state index in [1.165, 1.54) is 7.05 Å². The highest BCUT2D eigenvalue weighted by Crippen LogP contribution is 2.12. The first-order valence-corrected chi connectivity index (χ1v) is 9.86. The molecule has 0 aliphatic heterocycles. The largest absolute Gasteiger partial charge is 0.480 e. The lowest BCUT2D eigenvalue weighted by molar-refractivity contribution is -0.143. The zero-order valence-corrected chi connectivity index (χ0v) is 18.9. The molecular weight excluding hydrogens is 403 g/mol. The van der Waals surface area contributed by atoms with Crippen molar-refractivity contribution in [3.05, 3.63) is 35.9 Å². The van der Waals surface area contributed by atoms with Gasteiger partial charge in [-0.2, -0.15) is 0 Å². The highest BCUT2D eigenvalue weighted by atomic mass is 16.6. The van der Waals surface area contributed by atoms with E-state index in [1.54, 1.807) is 0 Å². The van der Waals surface area contributed by atoms with E-state index in [2.05, 4.69) is 8.05 Å². The standard InChI is InChI=1S/C15H21NO4.C6H13NO2.BHO/c1-11(2)9-13(14(17)18)16(3)15(19)20-10-12-7-5-4-6-8-12;1-4(2)3-5(7)6(8)9;1-2/h4-8,11,13H,9-10H2,1-3H3,(H,17,18);4-5H,3,7H2,1-2H3,(H,8,9);2H/t13-;5-;/m00./s1. The molecule has 1 amide bonds. The van der Waals surface area contributed by atoms with Gasteiger partial charge in [-0.05, 0) is 30.2 Å². The molecule has 9 nitrogen and oxygen atoms in total. The number of amides is 1. The first-order chi connectivity index (χ1) is 14.5. The van der Waals surface area contributed by atoms with Crippen molar-refractivity contribution in [3.8, 4) is 0 Å². The second-order valence-corrected chi connectivity index (χ2v) is 7.71. The number of hydrogen-bond donors (Lipinski definition) is 4. The van der Waals surface area contributed by atoms with Crippen molar-refractivity contribution in [1.29, 1.82) is 0 Å².